The van der Waals surface area contributed by atoms with Crippen LogP contribution in [0.15, 0.2) is 35.7 Å². The second kappa shape index (κ2) is 9.06. The molecule has 1 aromatic rings. The number of non-ortho nitro benzene ring substituents is 1. The van der Waals surface area contributed by atoms with Crippen molar-refractivity contribution in [3.63, 3.8) is 0 Å². The summed E-state index contributed by atoms with van der Waals surface area (Å²) < 4.78 is 36.6. The molecule has 1 rings (SSSR count). The van der Waals surface area contributed by atoms with Gasteiger partial charge in [0.25, 0.3) is 11.4 Å². The van der Waals surface area contributed by atoms with Crippen LogP contribution in [-0.2, 0) is 14.6 Å². The molecule has 0 radical (unpaired) electrons. The van der Waals surface area contributed by atoms with Crippen LogP contribution in [-0.4, -0.2) is 34.0 Å². The minimum absolute atomic E-state index is 0.211. The summed E-state index contributed by atoms with van der Waals surface area (Å²) in [6.45, 7) is 3.65. The normalized spacial score (nSPS) is 10.3. The molecular weight excluding hydrogens is 344 g/mol. The molecule has 0 heterocycles. The van der Waals surface area contributed by atoms with E-state index >= 15 is 0 Å². The lowest BCUT2D eigenvalue weighted by Crippen LogP contribution is -1.95. The Kier molecular flexibility index (Phi) is 8.21. The van der Waals surface area contributed by atoms with Crippen molar-refractivity contribution in [3.8, 4) is 0 Å². The summed E-state index contributed by atoms with van der Waals surface area (Å²) in [6, 6.07) is 3.37. The van der Waals surface area contributed by atoms with E-state index < -0.39 is 20.2 Å². The molecule has 0 saturated carbocycles. The predicted molar refractivity (Wildman–Crippen MR) is 75.9 cm³/mol. The summed E-state index contributed by atoms with van der Waals surface area (Å²) in [4.78, 5) is 20.0. The van der Waals surface area contributed by atoms with Gasteiger partial charge in [-0.3, -0.25) is 29.3 Å². The third-order valence-corrected chi connectivity index (χ3v) is 2.46. The van der Waals surface area contributed by atoms with Crippen molar-refractivity contribution in [2.45, 2.75) is 4.90 Å². The van der Waals surface area contributed by atoms with E-state index in [1.165, 1.54) is 18.2 Å². The molecule has 0 atom stereocenters. The second-order valence-corrected chi connectivity index (χ2v) is 5.01. The Morgan fingerprint density at radius 1 is 1.27 bits per heavy atom. The van der Waals surface area contributed by atoms with Crippen LogP contribution in [0.2, 0.25) is 0 Å². The van der Waals surface area contributed by atoms with Crippen molar-refractivity contribution in [1.29, 1.82) is 0 Å². The highest BCUT2D eigenvalue weighted by Crippen LogP contribution is 2.32. The van der Waals surface area contributed by atoms with E-state index in [9.17, 15) is 20.2 Å². The zero-order valence-electron chi connectivity index (χ0n) is 10.7. The first-order valence-electron chi connectivity index (χ1n) is 5.09. The third-order valence-electron chi connectivity index (χ3n) is 1.68. The highest BCUT2D eigenvalue weighted by Gasteiger charge is 2.20. The number of benzene rings is 1. The third kappa shape index (κ3) is 8.98. The van der Waals surface area contributed by atoms with E-state index in [0.717, 1.165) is 18.1 Å². The van der Waals surface area contributed by atoms with E-state index in [1.807, 2.05) is 0 Å². The van der Waals surface area contributed by atoms with Gasteiger partial charge in [-0.1, -0.05) is 6.08 Å². The molecule has 0 aliphatic carbocycles. The monoisotopic (exact) mass is 354 g/mol. The van der Waals surface area contributed by atoms with Gasteiger partial charge in [0.1, 0.15) is 4.90 Å². The average molecular weight is 354 g/mol. The molecule has 0 amide bonds. The van der Waals surface area contributed by atoms with E-state index in [2.05, 4.69) is 6.58 Å². The maximum Gasteiger partial charge on any atom is 0.394 e. The minimum Gasteiger partial charge on any atom is -0.306 e. The molecule has 11 nitrogen and oxygen atoms in total. The van der Waals surface area contributed by atoms with Crippen molar-refractivity contribution in [2.24, 2.45) is 0 Å². The van der Waals surface area contributed by atoms with Crippen LogP contribution in [0.1, 0.15) is 0 Å². The fourth-order valence-corrected chi connectivity index (χ4v) is 1.61. The first-order valence-corrected chi connectivity index (χ1v) is 7.23. The molecule has 13 heteroatoms. The van der Waals surface area contributed by atoms with Crippen LogP contribution in [0.25, 0.3) is 0 Å². The average Bonchev–Trinajstić information content (AvgIpc) is 2.36. The van der Waals surface area contributed by atoms with Gasteiger partial charge < -0.3 is 4.18 Å². The molecule has 0 saturated heterocycles. The van der Waals surface area contributed by atoms with Gasteiger partial charge >= 0.3 is 10.4 Å². The molecule has 1 aromatic carbocycles. The minimum atomic E-state index is -4.67. The predicted octanol–water partition coefficient (Wildman–Crippen LogP) is 2.06. The summed E-state index contributed by atoms with van der Waals surface area (Å²) in [5.41, 5.74) is -0.682. The fourth-order valence-electron chi connectivity index (χ4n) is 0.978. The van der Waals surface area contributed by atoms with Gasteiger partial charge in [-0.15, -0.1) is 6.58 Å². The van der Waals surface area contributed by atoms with Crippen molar-refractivity contribution in [1.82, 2.24) is 0 Å². The Balaban J connectivity index is 0.000000763. The van der Waals surface area contributed by atoms with Crippen LogP contribution < -0.4 is 0 Å². The van der Waals surface area contributed by atoms with Gasteiger partial charge in [-0.05, 0) is 6.07 Å². The van der Waals surface area contributed by atoms with E-state index in [4.69, 9.17) is 21.7 Å². The largest absolute Gasteiger partial charge is 0.394 e. The Bertz CT molecular complexity index is 651. The maximum atomic E-state index is 10.7. The van der Waals surface area contributed by atoms with Crippen molar-refractivity contribution < 1.29 is 31.6 Å². The van der Waals surface area contributed by atoms with Crippen LogP contribution in [0.5, 0.6) is 0 Å². The lowest BCUT2D eigenvalue weighted by Gasteiger charge is -2.01. The lowest BCUT2D eigenvalue weighted by atomic mass is 10.3. The molecule has 22 heavy (non-hydrogen) atoms. The Morgan fingerprint density at radius 3 is 2.23 bits per heavy atom. The topological polar surface area (TPSA) is 170 Å². The first kappa shape index (κ1) is 19.9. The first-order chi connectivity index (χ1) is 10.1. The Labute approximate surface area is 128 Å². The van der Waals surface area contributed by atoms with Crippen molar-refractivity contribution >= 4 is 33.8 Å². The Hall–Kier alpha value is -2.06. The molecule has 0 fully saturated rings. The summed E-state index contributed by atoms with van der Waals surface area (Å²) in [7, 11) is -4.67. The van der Waals surface area contributed by atoms with Gasteiger partial charge in [0.05, 0.1) is 22.5 Å². The van der Waals surface area contributed by atoms with E-state index in [1.54, 1.807) is 0 Å². The van der Waals surface area contributed by atoms with Crippen molar-refractivity contribution in [2.75, 3.05) is 6.61 Å². The lowest BCUT2D eigenvalue weighted by molar-refractivity contribution is -0.396. The molecule has 0 aliphatic heterocycles. The summed E-state index contributed by atoms with van der Waals surface area (Å²) in [5, 5.41) is 21.2. The zero-order chi connectivity index (χ0) is 17.3. The van der Waals surface area contributed by atoms with Crippen LogP contribution >= 0.6 is 12.0 Å². The highest BCUT2D eigenvalue weighted by molar-refractivity contribution is 7.94. The second-order valence-electron chi connectivity index (χ2n) is 3.27. The molecule has 0 aliphatic rings. The van der Waals surface area contributed by atoms with Gasteiger partial charge in [-0.2, -0.15) is 8.42 Å². The van der Waals surface area contributed by atoms with Gasteiger partial charge in [0, 0.05) is 18.1 Å². The Morgan fingerprint density at radius 2 is 1.82 bits per heavy atom. The zero-order valence-corrected chi connectivity index (χ0v) is 12.3. The molecule has 0 aromatic heterocycles. The van der Waals surface area contributed by atoms with E-state index in [-0.39, 0.29) is 22.9 Å². The smallest absolute Gasteiger partial charge is 0.306 e. The molecule has 0 unspecified atom stereocenters. The molecule has 0 spiro atoms. The molecular formula is C9H10N2O9S2. The standard InChI is InChI=1S/C9H8N2O5S.H2O4S/c1-2-5-16-17-9-4-3-7(10(12)13)6-8(9)11(14)15;1-5(2,3)4/h2-4,6H,1,5H2;(H2,1,2,3,4). The molecule has 0 bridgehead atoms. The summed E-state index contributed by atoms with van der Waals surface area (Å²) >= 11 is 0.785. The maximum absolute atomic E-state index is 10.7. The summed E-state index contributed by atoms with van der Waals surface area (Å²) in [5.74, 6) is 0. The van der Waals surface area contributed by atoms with E-state index in [0.29, 0.717) is 0 Å². The van der Waals surface area contributed by atoms with Crippen LogP contribution in [0.3, 0.4) is 0 Å². The fraction of sp³-hybridized carbons (Fsp3) is 0.111. The van der Waals surface area contributed by atoms with Gasteiger partial charge in [0.15, 0.2) is 0 Å². The van der Waals surface area contributed by atoms with Crippen molar-refractivity contribution in [3.05, 3.63) is 51.1 Å². The van der Waals surface area contributed by atoms with Crippen LogP contribution in [0, 0.1) is 20.2 Å². The number of nitro benzene ring substituents is 2. The quantitative estimate of drug-likeness (QED) is 0.192. The van der Waals surface area contributed by atoms with Gasteiger partial charge in [-0.25, -0.2) is 0 Å². The number of hydrogen-bond donors (Lipinski definition) is 2. The SMILES string of the molecule is C=CCOSc1ccc([N+](=O)[O-])cc1[N+](=O)[O-].O=S(=O)(O)O. The number of rotatable bonds is 6. The number of hydrogen-bond acceptors (Lipinski definition) is 8. The molecule has 122 valence electrons. The number of nitro groups is 2. The van der Waals surface area contributed by atoms with Gasteiger partial charge in [0.2, 0.25) is 0 Å². The number of nitrogens with zero attached hydrogens (tertiary/aromatic N) is 2. The highest BCUT2D eigenvalue weighted by atomic mass is 32.3. The molecule has 2 N–H and O–H groups in total. The van der Waals surface area contributed by atoms with Crippen LogP contribution in [0.4, 0.5) is 11.4 Å². The summed E-state index contributed by atoms with van der Waals surface area (Å²) in [6.07, 6.45) is 1.49.